The van der Waals surface area contributed by atoms with Gasteiger partial charge in [0.05, 0.1) is 23.9 Å². The van der Waals surface area contributed by atoms with Crippen LogP contribution in [0.3, 0.4) is 0 Å². The van der Waals surface area contributed by atoms with Gasteiger partial charge >= 0.3 is 0 Å². The van der Waals surface area contributed by atoms with Gasteiger partial charge in [-0.25, -0.2) is 0 Å². The van der Waals surface area contributed by atoms with Crippen molar-refractivity contribution in [3.05, 3.63) is 64.3 Å². The molecule has 1 N–H and O–H groups in total. The van der Waals surface area contributed by atoms with E-state index in [1.807, 2.05) is 6.07 Å². The minimum Gasteiger partial charge on any atom is -0.494 e. The zero-order chi connectivity index (χ0) is 20.5. The lowest BCUT2D eigenvalue weighted by Crippen LogP contribution is -2.32. The first-order chi connectivity index (χ1) is 14.0. The van der Waals surface area contributed by atoms with Gasteiger partial charge in [0.1, 0.15) is 11.3 Å². The highest BCUT2D eigenvalue weighted by Gasteiger charge is 2.35. The molecule has 0 unspecified atom stereocenters. The number of rotatable bonds is 5. The highest BCUT2D eigenvalue weighted by Crippen LogP contribution is 2.30. The zero-order valence-electron chi connectivity index (χ0n) is 15.4. The van der Waals surface area contributed by atoms with E-state index in [4.69, 9.17) is 4.74 Å². The summed E-state index contributed by atoms with van der Waals surface area (Å²) in [7, 11) is 1.56. The average Bonchev–Trinajstić information content (AvgIpc) is 2.96. The third kappa shape index (κ3) is 3.47. The van der Waals surface area contributed by atoms with E-state index >= 15 is 0 Å². The molecule has 0 radical (unpaired) electrons. The van der Waals surface area contributed by atoms with Crippen molar-refractivity contribution in [1.29, 1.82) is 0 Å². The predicted octanol–water partition coefficient (Wildman–Crippen LogP) is 3.63. The Balaban J connectivity index is 1.47. The second-order valence-corrected chi connectivity index (χ2v) is 7.38. The average molecular weight is 454 g/mol. The Bertz CT molecular complexity index is 1160. The van der Waals surface area contributed by atoms with E-state index in [2.05, 4.69) is 26.2 Å². The van der Waals surface area contributed by atoms with Crippen molar-refractivity contribution in [3.8, 4) is 5.75 Å². The number of aromatic nitrogens is 1. The van der Waals surface area contributed by atoms with Gasteiger partial charge in [-0.15, -0.1) is 0 Å². The minimum atomic E-state index is -0.391. The van der Waals surface area contributed by atoms with Gasteiger partial charge in [0.15, 0.2) is 0 Å². The summed E-state index contributed by atoms with van der Waals surface area (Å²) in [5, 5.41) is 3.57. The van der Waals surface area contributed by atoms with Gasteiger partial charge in [0, 0.05) is 29.0 Å². The van der Waals surface area contributed by atoms with E-state index in [1.165, 1.54) is 0 Å². The Hall–Kier alpha value is -3.26. The van der Waals surface area contributed by atoms with Crippen LogP contribution in [0, 0.1) is 0 Å². The van der Waals surface area contributed by atoms with Crippen LogP contribution < -0.4 is 10.1 Å². The zero-order valence-corrected chi connectivity index (χ0v) is 17.0. The second-order valence-electron chi connectivity index (χ2n) is 6.46. The Morgan fingerprint density at radius 3 is 2.72 bits per heavy atom. The van der Waals surface area contributed by atoms with E-state index in [0.717, 1.165) is 14.8 Å². The molecule has 3 amide bonds. The summed E-state index contributed by atoms with van der Waals surface area (Å²) in [6, 6.07) is 12.0. The van der Waals surface area contributed by atoms with E-state index in [9.17, 15) is 14.4 Å². The molecule has 2 heterocycles. The molecule has 0 bridgehead atoms. The standard InChI is InChI=1S/C21H16BrN3O4/c1-29-17-7-6-16(14-3-2-9-23-19(14)17)24-18(26)8-10-25-20(27)13-5-4-12(22)11-15(13)21(25)28/h2-7,9,11H,8,10H2,1H3,(H,24,26). The molecule has 1 aliphatic heterocycles. The second kappa shape index (κ2) is 7.63. The van der Waals surface area contributed by atoms with Crippen LogP contribution in [0.2, 0.25) is 0 Å². The molecule has 0 saturated carbocycles. The van der Waals surface area contributed by atoms with Gasteiger partial charge in [0.2, 0.25) is 5.91 Å². The van der Waals surface area contributed by atoms with Crippen molar-refractivity contribution in [2.24, 2.45) is 0 Å². The number of amides is 3. The first kappa shape index (κ1) is 19.1. The highest BCUT2D eigenvalue weighted by molar-refractivity contribution is 9.10. The van der Waals surface area contributed by atoms with Gasteiger partial charge in [-0.2, -0.15) is 0 Å². The van der Waals surface area contributed by atoms with Crippen LogP contribution in [0.1, 0.15) is 27.1 Å². The predicted molar refractivity (Wildman–Crippen MR) is 111 cm³/mol. The molecular weight excluding hydrogens is 438 g/mol. The van der Waals surface area contributed by atoms with Gasteiger partial charge < -0.3 is 10.1 Å². The lowest BCUT2D eigenvalue weighted by Gasteiger charge is -2.14. The van der Waals surface area contributed by atoms with Crippen LogP contribution in [0.15, 0.2) is 53.1 Å². The number of halogens is 1. The number of carbonyl (C=O) groups excluding carboxylic acids is 3. The van der Waals surface area contributed by atoms with Crippen molar-refractivity contribution >= 4 is 50.2 Å². The largest absolute Gasteiger partial charge is 0.494 e. The van der Waals surface area contributed by atoms with Crippen LogP contribution in [-0.4, -0.2) is 41.3 Å². The third-order valence-electron chi connectivity index (χ3n) is 4.72. The number of fused-ring (bicyclic) bond motifs is 2. The highest BCUT2D eigenvalue weighted by atomic mass is 79.9. The summed E-state index contributed by atoms with van der Waals surface area (Å²) in [5.74, 6) is -0.476. The molecule has 8 heteroatoms. The lowest BCUT2D eigenvalue weighted by atomic mass is 10.1. The Labute approximate surface area is 174 Å². The third-order valence-corrected chi connectivity index (χ3v) is 5.22. The van der Waals surface area contributed by atoms with E-state index in [0.29, 0.717) is 28.1 Å². The minimum absolute atomic E-state index is 0.00212. The Morgan fingerprint density at radius 1 is 1.14 bits per heavy atom. The maximum Gasteiger partial charge on any atom is 0.261 e. The summed E-state index contributed by atoms with van der Waals surface area (Å²) >= 11 is 3.30. The smallest absolute Gasteiger partial charge is 0.261 e. The Kier molecular flexibility index (Phi) is 5.02. The van der Waals surface area contributed by atoms with E-state index in [1.54, 1.807) is 49.7 Å². The molecule has 2 aromatic carbocycles. The number of nitrogens with zero attached hydrogens (tertiary/aromatic N) is 2. The van der Waals surface area contributed by atoms with Crippen molar-refractivity contribution in [3.63, 3.8) is 0 Å². The molecule has 0 atom stereocenters. The first-order valence-electron chi connectivity index (χ1n) is 8.87. The maximum absolute atomic E-state index is 12.5. The molecule has 1 aliphatic rings. The summed E-state index contributed by atoms with van der Waals surface area (Å²) < 4.78 is 6.02. The molecule has 0 fully saturated rings. The molecular formula is C21H16BrN3O4. The van der Waals surface area contributed by atoms with Gasteiger partial charge in [-0.1, -0.05) is 15.9 Å². The SMILES string of the molecule is COc1ccc(NC(=O)CCN2C(=O)c3ccc(Br)cc3C2=O)c2cccnc12. The van der Waals surface area contributed by atoms with Gasteiger partial charge in [-0.05, 0) is 42.5 Å². The number of hydrogen-bond acceptors (Lipinski definition) is 5. The number of anilines is 1. The van der Waals surface area contributed by atoms with E-state index in [-0.39, 0.29) is 24.8 Å². The summed E-state index contributed by atoms with van der Waals surface area (Å²) in [5.41, 5.74) is 1.92. The molecule has 0 aliphatic carbocycles. The number of hydrogen-bond donors (Lipinski definition) is 1. The number of pyridine rings is 1. The number of benzene rings is 2. The van der Waals surface area contributed by atoms with Crippen molar-refractivity contribution in [1.82, 2.24) is 9.88 Å². The van der Waals surface area contributed by atoms with Crippen LogP contribution in [-0.2, 0) is 4.79 Å². The molecule has 1 aromatic heterocycles. The normalized spacial score (nSPS) is 13.0. The summed E-state index contributed by atoms with van der Waals surface area (Å²) in [6.45, 7) is 0.00212. The molecule has 4 rings (SSSR count). The lowest BCUT2D eigenvalue weighted by molar-refractivity contribution is -0.116. The summed E-state index contributed by atoms with van der Waals surface area (Å²) in [6.07, 6.45) is 1.64. The first-order valence-corrected chi connectivity index (χ1v) is 9.66. The van der Waals surface area contributed by atoms with Crippen molar-refractivity contribution < 1.29 is 19.1 Å². The fourth-order valence-electron chi connectivity index (χ4n) is 3.31. The molecule has 0 saturated heterocycles. The number of ether oxygens (including phenoxy) is 1. The fourth-order valence-corrected chi connectivity index (χ4v) is 3.67. The molecule has 0 spiro atoms. The van der Waals surface area contributed by atoms with Crippen LogP contribution >= 0.6 is 15.9 Å². The topological polar surface area (TPSA) is 88.6 Å². The van der Waals surface area contributed by atoms with Crippen LogP contribution in [0.4, 0.5) is 5.69 Å². The van der Waals surface area contributed by atoms with Crippen molar-refractivity contribution in [2.45, 2.75) is 6.42 Å². The van der Waals surface area contributed by atoms with Crippen LogP contribution in [0.25, 0.3) is 10.9 Å². The molecule has 146 valence electrons. The molecule has 7 nitrogen and oxygen atoms in total. The van der Waals surface area contributed by atoms with E-state index < -0.39 is 5.91 Å². The number of imide groups is 1. The number of carbonyl (C=O) groups is 3. The van der Waals surface area contributed by atoms with Crippen molar-refractivity contribution in [2.75, 3.05) is 19.0 Å². The maximum atomic E-state index is 12.5. The summed E-state index contributed by atoms with van der Waals surface area (Å²) in [4.78, 5) is 42.9. The fraction of sp³-hybridized carbons (Fsp3) is 0.143. The van der Waals surface area contributed by atoms with Gasteiger partial charge in [-0.3, -0.25) is 24.3 Å². The molecule has 3 aromatic rings. The number of methoxy groups -OCH3 is 1. The number of nitrogens with one attached hydrogen (secondary N) is 1. The monoisotopic (exact) mass is 453 g/mol. The van der Waals surface area contributed by atoms with Gasteiger partial charge in [0.25, 0.3) is 11.8 Å². The molecule has 29 heavy (non-hydrogen) atoms. The Morgan fingerprint density at radius 2 is 1.93 bits per heavy atom. The van der Waals surface area contributed by atoms with Crippen LogP contribution in [0.5, 0.6) is 5.75 Å². The quantitative estimate of drug-likeness (QED) is 0.595.